The molecule has 7 nitrogen and oxygen atoms in total. The van der Waals surface area contributed by atoms with Gasteiger partial charge < -0.3 is 5.32 Å². The van der Waals surface area contributed by atoms with Crippen molar-refractivity contribution in [3.05, 3.63) is 101 Å². The van der Waals surface area contributed by atoms with Crippen LogP contribution in [0.2, 0.25) is 0 Å². The standard InChI is InChI=1S/C26H22FN5O2/c27-19-8-6-17(7-9-19)21-22(18-10-13-28-14-11-18)30-26(31-24(21)33)32-25(34)23-20(12-15-29-23)16-4-2-1-3-5-16/h1-11,13-14,20,23,29H,12,15H2,(H2,30,31,32,33,34). The van der Waals surface area contributed by atoms with Crippen LogP contribution in [0.5, 0.6) is 0 Å². The molecule has 170 valence electrons. The average Bonchev–Trinajstić information content (AvgIpc) is 3.36. The van der Waals surface area contributed by atoms with Gasteiger partial charge in [0.2, 0.25) is 11.9 Å². The Hall–Kier alpha value is -4.17. The molecule has 0 bridgehead atoms. The van der Waals surface area contributed by atoms with Crippen molar-refractivity contribution in [2.24, 2.45) is 0 Å². The van der Waals surface area contributed by atoms with Crippen LogP contribution >= 0.6 is 0 Å². The van der Waals surface area contributed by atoms with Crippen molar-refractivity contribution in [2.75, 3.05) is 11.9 Å². The third kappa shape index (κ3) is 4.35. The summed E-state index contributed by atoms with van der Waals surface area (Å²) in [5, 5.41) is 6.03. The van der Waals surface area contributed by atoms with E-state index in [-0.39, 0.29) is 23.3 Å². The van der Waals surface area contributed by atoms with Gasteiger partial charge in [0.05, 0.1) is 17.3 Å². The van der Waals surface area contributed by atoms with Gasteiger partial charge in [-0.25, -0.2) is 9.37 Å². The minimum absolute atomic E-state index is 0.0195. The molecule has 34 heavy (non-hydrogen) atoms. The van der Waals surface area contributed by atoms with Crippen LogP contribution in [0.1, 0.15) is 17.9 Å². The first kappa shape index (κ1) is 21.7. The summed E-state index contributed by atoms with van der Waals surface area (Å²) in [6.45, 7) is 0.716. The number of amides is 1. The highest BCUT2D eigenvalue weighted by molar-refractivity contribution is 5.95. The van der Waals surface area contributed by atoms with E-state index in [1.54, 1.807) is 24.5 Å². The Kier molecular flexibility index (Phi) is 5.97. The van der Waals surface area contributed by atoms with E-state index in [2.05, 4.69) is 25.6 Å². The first-order valence-corrected chi connectivity index (χ1v) is 11.0. The summed E-state index contributed by atoms with van der Waals surface area (Å²) in [6, 6.07) is 18.5. The summed E-state index contributed by atoms with van der Waals surface area (Å²) < 4.78 is 13.5. The number of rotatable bonds is 5. The van der Waals surface area contributed by atoms with E-state index in [0.717, 1.165) is 12.0 Å². The van der Waals surface area contributed by atoms with Crippen LogP contribution in [-0.4, -0.2) is 33.4 Å². The summed E-state index contributed by atoms with van der Waals surface area (Å²) in [4.78, 5) is 37.6. The number of aromatic nitrogens is 3. The van der Waals surface area contributed by atoms with Crippen molar-refractivity contribution in [3.8, 4) is 22.4 Å². The van der Waals surface area contributed by atoms with Crippen molar-refractivity contribution in [3.63, 3.8) is 0 Å². The quantitative estimate of drug-likeness (QED) is 0.426. The molecule has 1 fully saturated rings. The molecule has 1 aliphatic rings. The molecule has 3 heterocycles. The number of halogens is 1. The van der Waals surface area contributed by atoms with Crippen molar-refractivity contribution >= 4 is 11.9 Å². The zero-order valence-electron chi connectivity index (χ0n) is 18.2. The number of hydrogen-bond donors (Lipinski definition) is 3. The van der Waals surface area contributed by atoms with Gasteiger partial charge in [0.1, 0.15) is 5.82 Å². The topological polar surface area (TPSA) is 99.8 Å². The summed E-state index contributed by atoms with van der Waals surface area (Å²) in [7, 11) is 0. The molecule has 1 aliphatic heterocycles. The van der Waals surface area contributed by atoms with Gasteiger partial charge in [0.25, 0.3) is 5.56 Å². The molecule has 2 atom stereocenters. The number of aromatic amines is 1. The molecule has 8 heteroatoms. The van der Waals surface area contributed by atoms with Crippen LogP contribution in [-0.2, 0) is 4.79 Å². The number of carbonyl (C=O) groups excluding carboxylic acids is 1. The highest BCUT2D eigenvalue weighted by Gasteiger charge is 2.34. The number of nitrogens with one attached hydrogen (secondary N) is 3. The maximum atomic E-state index is 13.5. The molecule has 1 saturated heterocycles. The Morgan fingerprint density at radius 3 is 2.44 bits per heavy atom. The van der Waals surface area contributed by atoms with Crippen LogP contribution in [0, 0.1) is 5.82 Å². The Morgan fingerprint density at radius 2 is 1.71 bits per heavy atom. The molecular weight excluding hydrogens is 433 g/mol. The largest absolute Gasteiger partial charge is 0.305 e. The lowest BCUT2D eigenvalue weighted by Crippen LogP contribution is -2.39. The fourth-order valence-electron chi connectivity index (χ4n) is 4.37. The molecule has 5 rings (SSSR count). The summed E-state index contributed by atoms with van der Waals surface area (Å²) in [5.41, 5.74) is 2.46. The van der Waals surface area contributed by atoms with Gasteiger partial charge in [-0.1, -0.05) is 42.5 Å². The van der Waals surface area contributed by atoms with Crippen molar-refractivity contribution in [1.82, 2.24) is 20.3 Å². The lowest BCUT2D eigenvalue weighted by molar-refractivity contribution is -0.118. The fraction of sp³-hybridized carbons (Fsp3) is 0.154. The zero-order valence-corrected chi connectivity index (χ0v) is 18.2. The highest BCUT2D eigenvalue weighted by atomic mass is 19.1. The van der Waals surface area contributed by atoms with Gasteiger partial charge in [-0.15, -0.1) is 0 Å². The van der Waals surface area contributed by atoms with E-state index in [9.17, 15) is 14.0 Å². The Balaban J connectivity index is 1.50. The monoisotopic (exact) mass is 455 g/mol. The molecule has 0 radical (unpaired) electrons. The number of nitrogens with zero attached hydrogens (tertiary/aromatic N) is 2. The normalized spacial score (nSPS) is 17.4. The number of carbonyl (C=O) groups is 1. The van der Waals surface area contributed by atoms with Crippen LogP contribution < -0.4 is 16.2 Å². The maximum Gasteiger partial charge on any atom is 0.260 e. The second-order valence-electron chi connectivity index (χ2n) is 8.11. The molecule has 0 saturated carbocycles. The second-order valence-corrected chi connectivity index (χ2v) is 8.11. The minimum Gasteiger partial charge on any atom is -0.305 e. The molecule has 3 N–H and O–H groups in total. The van der Waals surface area contributed by atoms with Crippen LogP contribution in [0.4, 0.5) is 10.3 Å². The van der Waals surface area contributed by atoms with Crippen LogP contribution in [0.15, 0.2) is 83.9 Å². The Labute approximate surface area is 195 Å². The first-order chi connectivity index (χ1) is 16.6. The SMILES string of the molecule is O=C(Nc1nc(-c2ccncc2)c(-c2ccc(F)cc2)c(=O)[nH]1)C1NCCC1c1ccccc1. The van der Waals surface area contributed by atoms with E-state index in [1.807, 2.05) is 30.3 Å². The average molecular weight is 455 g/mol. The minimum atomic E-state index is -0.450. The van der Waals surface area contributed by atoms with Gasteiger partial charge in [0, 0.05) is 23.9 Å². The molecule has 2 unspecified atom stereocenters. The van der Waals surface area contributed by atoms with E-state index in [4.69, 9.17) is 0 Å². The van der Waals surface area contributed by atoms with Gasteiger partial charge in [-0.2, -0.15) is 0 Å². The van der Waals surface area contributed by atoms with E-state index in [1.165, 1.54) is 24.3 Å². The van der Waals surface area contributed by atoms with Crippen molar-refractivity contribution in [2.45, 2.75) is 18.4 Å². The van der Waals surface area contributed by atoms with E-state index >= 15 is 0 Å². The predicted molar refractivity (Wildman–Crippen MR) is 128 cm³/mol. The van der Waals surface area contributed by atoms with Gasteiger partial charge in [0.15, 0.2) is 0 Å². The third-order valence-electron chi connectivity index (χ3n) is 5.98. The van der Waals surface area contributed by atoms with E-state index in [0.29, 0.717) is 23.4 Å². The predicted octanol–water partition coefficient (Wildman–Crippen LogP) is 3.72. The molecule has 2 aromatic heterocycles. The summed E-state index contributed by atoms with van der Waals surface area (Å²) in [6.07, 6.45) is 4.02. The second kappa shape index (κ2) is 9.36. The Bertz CT molecular complexity index is 1360. The fourth-order valence-corrected chi connectivity index (χ4v) is 4.37. The van der Waals surface area contributed by atoms with Gasteiger partial charge >= 0.3 is 0 Å². The number of H-pyrrole nitrogens is 1. The van der Waals surface area contributed by atoms with E-state index < -0.39 is 17.4 Å². The molecule has 0 aliphatic carbocycles. The van der Waals surface area contributed by atoms with Gasteiger partial charge in [-0.3, -0.25) is 24.9 Å². The zero-order chi connectivity index (χ0) is 23.5. The maximum absolute atomic E-state index is 13.5. The molecule has 2 aromatic carbocycles. The lowest BCUT2D eigenvalue weighted by atomic mass is 9.91. The van der Waals surface area contributed by atoms with Crippen molar-refractivity contribution < 1.29 is 9.18 Å². The Morgan fingerprint density at radius 1 is 0.971 bits per heavy atom. The molecule has 0 spiro atoms. The lowest BCUT2D eigenvalue weighted by Gasteiger charge is -2.19. The number of anilines is 1. The molecule has 1 amide bonds. The van der Waals surface area contributed by atoms with Crippen LogP contribution in [0.3, 0.4) is 0 Å². The highest BCUT2D eigenvalue weighted by Crippen LogP contribution is 2.30. The summed E-state index contributed by atoms with van der Waals surface area (Å²) in [5.74, 6) is -0.608. The first-order valence-electron chi connectivity index (χ1n) is 11.0. The summed E-state index contributed by atoms with van der Waals surface area (Å²) >= 11 is 0. The number of pyridine rings is 1. The third-order valence-corrected chi connectivity index (χ3v) is 5.98. The number of hydrogen-bond acceptors (Lipinski definition) is 5. The number of benzene rings is 2. The smallest absolute Gasteiger partial charge is 0.260 e. The van der Waals surface area contributed by atoms with Gasteiger partial charge in [-0.05, 0) is 48.4 Å². The van der Waals surface area contributed by atoms with Crippen LogP contribution in [0.25, 0.3) is 22.4 Å². The molecule has 4 aromatic rings. The van der Waals surface area contributed by atoms with Crippen molar-refractivity contribution in [1.29, 1.82) is 0 Å². The molecular formula is C26H22FN5O2.